The SMILES string of the molecule is C=C[C@@H]1C[C@]1(CC(=O)[C@@H]1C[C@@H](Oc2nccc3cc(C)ccc23)CN1C(=O)[C@@H](CC(=O)OC(C)(C)C)[C@H](C)OCC)C(=O)NS(=O)(=O)C1CC1. The summed E-state index contributed by atoms with van der Waals surface area (Å²) in [7, 11) is -3.85. The van der Waals surface area contributed by atoms with Crippen LogP contribution in [-0.4, -0.2) is 84.1 Å². The number of pyridine rings is 1. The Morgan fingerprint density at radius 3 is 2.52 bits per heavy atom. The van der Waals surface area contributed by atoms with Crippen LogP contribution in [0.15, 0.2) is 43.1 Å². The van der Waals surface area contributed by atoms with Gasteiger partial charge in [-0.15, -0.1) is 6.58 Å². The molecule has 272 valence electrons. The maximum Gasteiger partial charge on any atom is 0.307 e. The molecular weight excluding hydrogens is 662 g/mol. The van der Waals surface area contributed by atoms with Crippen molar-refractivity contribution < 1.29 is 41.8 Å². The van der Waals surface area contributed by atoms with Gasteiger partial charge in [-0.3, -0.25) is 23.9 Å². The topological polar surface area (TPSA) is 158 Å². The Labute approximate surface area is 294 Å². The third-order valence-electron chi connectivity index (χ3n) is 9.76. The van der Waals surface area contributed by atoms with Crippen LogP contribution in [-0.2, 0) is 38.7 Å². The second kappa shape index (κ2) is 14.4. The molecule has 2 amide bonds. The highest BCUT2D eigenvalue weighted by atomic mass is 32.2. The lowest BCUT2D eigenvalue weighted by molar-refractivity contribution is -0.161. The summed E-state index contributed by atoms with van der Waals surface area (Å²) >= 11 is 0. The second-order valence-electron chi connectivity index (χ2n) is 14.9. The molecule has 12 nitrogen and oxygen atoms in total. The van der Waals surface area contributed by atoms with Crippen molar-refractivity contribution in [2.24, 2.45) is 17.3 Å². The predicted octanol–water partition coefficient (Wildman–Crippen LogP) is 4.42. The summed E-state index contributed by atoms with van der Waals surface area (Å²) in [6.07, 6.45) is 2.64. The number of allylic oxidation sites excluding steroid dienone is 1. The molecule has 1 aliphatic heterocycles. The number of Topliss-reactive ketones (excluding diaryl/α,β-unsaturated/α-hetero) is 1. The number of likely N-dealkylation sites (tertiary alicyclic amines) is 1. The summed E-state index contributed by atoms with van der Waals surface area (Å²) in [5.41, 5.74) is -1.00. The lowest BCUT2D eigenvalue weighted by Crippen LogP contribution is -2.48. The van der Waals surface area contributed by atoms with Crippen molar-refractivity contribution in [1.82, 2.24) is 14.6 Å². The molecule has 0 unspecified atom stereocenters. The molecule has 6 atom stereocenters. The van der Waals surface area contributed by atoms with E-state index in [-0.39, 0.29) is 32.2 Å². The van der Waals surface area contributed by atoms with Gasteiger partial charge in [0.25, 0.3) is 0 Å². The van der Waals surface area contributed by atoms with E-state index in [0.29, 0.717) is 25.3 Å². The first-order valence-corrected chi connectivity index (χ1v) is 18.9. The van der Waals surface area contributed by atoms with E-state index in [2.05, 4.69) is 16.3 Å². The molecule has 2 saturated carbocycles. The summed E-state index contributed by atoms with van der Waals surface area (Å²) in [6.45, 7) is 14.8. The van der Waals surface area contributed by atoms with Gasteiger partial charge in [0.15, 0.2) is 5.78 Å². The molecular formula is C37H49N3O9S. The van der Waals surface area contributed by atoms with Crippen molar-refractivity contribution in [1.29, 1.82) is 0 Å². The minimum absolute atomic E-state index is 0.0168. The first kappa shape index (κ1) is 37.4. The zero-order valence-corrected chi connectivity index (χ0v) is 30.6. The molecule has 13 heteroatoms. The quantitative estimate of drug-likeness (QED) is 0.207. The van der Waals surface area contributed by atoms with Crippen LogP contribution < -0.4 is 9.46 Å². The molecule has 1 N–H and O–H groups in total. The summed E-state index contributed by atoms with van der Waals surface area (Å²) in [5.74, 6) is -3.21. The van der Waals surface area contributed by atoms with Crippen LogP contribution in [0.25, 0.3) is 10.8 Å². The number of aromatic nitrogens is 1. The Balaban J connectivity index is 1.44. The molecule has 1 aromatic carbocycles. The minimum Gasteiger partial charge on any atom is -0.472 e. The van der Waals surface area contributed by atoms with Crippen molar-refractivity contribution >= 4 is 44.4 Å². The molecule has 0 radical (unpaired) electrons. The fourth-order valence-corrected chi connectivity index (χ4v) is 8.26. The molecule has 5 rings (SSSR count). The van der Waals surface area contributed by atoms with Crippen LogP contribution in [0.4, 0.5) is 0 Å². The number of fused-ring (bicyclic) bond motifs is 1. The Bertz CT molecular complexity index is 1770. The van der Waals surface area contributed by atoms with Gasteiger partial charge in [0.1, 0.15) is 11.7 Å². The maximum atomic E-state index is 14.5. The van der Waals surface area contributed by atoms with Crippen molar-refractivity contribution in [3.8, 4) is 5.88 Å². The molecule has 1 aromatic heterocycles. The second-order valence-corrected chi connectivity index (χ2v) is 16.9. The third-order valence-corrected chi connectivity index (χ3v) is 11.6. The summed E-state index contributed by atoms with van der Waals surface area (Å²) in [6, 6.07) is 6.73. The molecule has 0 spiro atoms. The van der Waals surface area contributed by atoms with Gasteiger partial charge in [-0.05, 0) is 84.2 Å². The molecule has 0 bridgehead atoms. The monoisotopic (exact) mass is 711 g/mol. The van der Waals surface area contributed by atoms with Crippen molar-refractivity contribution in [3.63, 3.8) is 0 Å². The lowest BCUT2D eigenvalue weighted by atomic mass is 9.90. The van der Waals surface area contributed by atoms with Gasteiger partial charge >= 0.3 is 5.97 Å². The highest BCUT2D eigenvalue weighted by Crippen LogP contribution is 2.57. The van der Waals surface area contributed by atoms with E-state index in [1.165, 1.54) is 4.90 Å². The standard InChI is InChI=1S/C37H49N3O9S/c1-8-25-19-37(25,35(44)39-50(45,46)27-11-12-27)20-31(41)30-17-26(48-33-28-13-10-22(3)16-24(28)14-15-38-33)21-40(30)34(43)29(23(4)47-9-2)18-32(42)49-36(5,6)7/h8,10,13-16,23,25-27,29-30H,1,9,11-12,17-21H2,2-7H3,(H,39,44)/t23-,25+,26+,29-,30-,37+/m0/s1. The minimum atomic E-state index is -3.85. The van der Waals surface area contributed by atoms with Gasteiger partial charge in [0, 0.05) is 31.0 Å². The van der Waals surface area contributed by atoms with E-state index in [4.69, 9.17) is 14.2 Å². The lowest BCUT2D eigenvalue weighted by Gasteiger charge is -2.31. The van der Waals surface area contributed by atoms with E-state index >= 15 is 0 Å². The van der Waals surface area contributed by atoms with Gasteiger partial charge in [0.05, 0.1) is 41.7 Å². The zero-order chi connectivity index (χ0) is 36.6. The number of carbonyl (C=O) groups excluding carboxylic acids is 4. The summed E-state index contributed by atoms with van der Waals surface area (Å²) in [5, 5.41) is 1.09. The van der Waals surface area contributed by atoms with Gasteiger partial charge < -0.3 is 19.1 Å². The molecule has 2 aliphatic carbocycles. The average molecular weight is 712 g/mol. The molecule has 3 aliphatic rings. The Morgan fingerprint density at radius 1 is 1.18 bits per heavy atom. The van der Waals surface area contributed by atoms with Crippen molar-refractivity contribution in [2.75, 3.05) is 13.2 Å². The number of amides is 2. The van der Waals surface area contributed by atoms with Crippen molar-refractivity contribution in [2.45, 2.75) is 109 Å². The molecule has 3 fully saturated rings. The number of hydrogen-bond acceptors (Lipinski definition) is 10. The maximum absolute atomic E-state index is 14.5. The van der Waals surface area contributed by atoms with E-state index in [1.54, 1.807) is 46.9 Å². The van der Waals surface area contributed by atoms with Crippen LogP contribution in [0.1, 0.15) is 78.7 Å². The predicted molar refractivity (Wildman–Crippen MR) is 186 cm³/mol. The Morgan fingerprint density at radius 2 is 1.90 bits per heavy atom. The van der Waals surface area contributed by atoms with Crippen LogP contribution in [0, 0.1) is 24.2 Å². The number of nitrogens with one attached hydrogen (secondary N) is 1. The van der Waals surface area contributed by atoms with Gasteiger partial charge in [-0.25, -0.2) is 13.4 Å². The number of ketones is 1. The summed E-state index contributed by atoms with van der Waals surface area (Å²) < 4.78 is 45.3. The molecule has 2 heterocycles. The number of benzene rings is 1. The number of hydrogen-bond donors (Lipinski definition) is 1. The van der Waals surface area contributed by atoms with Crippen LogP contribution in [0.3, 0.4) is 0 Å². The Hall–Kier alpha value is -3.84. The fraction of sp³-hybridized carbons (Fsp3) is 0.595. The number of nitrogens with zero attached hydrogens (tertiary/aromatic N) is 2. The van der Waals surface area contributed by atoms with Crippen LogP contribution >= 0.6 is 0 Å². The Kier molecular flexibility index (Phi) is 10.8. The number of carbonyl (C=O) groups is 4. The smallest absolute Gasteiger partial charge is 0.307 e. The van der Waals surface area contributed by atoms with E-state index in [1.807, 2.05) is 31.2 Å². The number of aryl methyl sites for hydroxylation is 1. The zero-order valence-electron chi connectivity index (χ0n) is 29.8. The third kappa shape index (κ3) is 8.37. The number of rotatable bonds is 15. The van der Waals surface area contributed by atoms with Crippen LogP contribution in [0.5, 0.6) is 5.88 Å². The van der Waals surface area contributed by atoms with Gasteiger partial charge in [-0.2, -0.15) is 0 Å². The van der Waals surface area contributed by atoms with Crippen molar-refractivity contribution in [3.05, 3.63) is 48.7 Å². The first-order chi connectivity index (χ1) is 23.5. The van der Waals surface area contributed by atoms with E-state index in [9.17, 15) is 27.6 Å². The number of sulfonamides is 1. The number of esters is 1. The molecule has 1 saturated heterocycles. The molecule has 50 heavy (non-hydrogen) atoms. The number of ether oxygens (including phenoxy) is 3. The average Bonchev–Trinajstić information content (AvgIpc) is 3.95. The molecule has 2 aromatic rings. The van der Waals surface area contributed by atoms with E-state index in [0.717, 1.165) is 16.3 Å². The largest absolute Gasteiger partial charge is 0.472 e. The highest BCUT2D eigenvalue weighted by molar-refractivity contribution is 7.90. The highest BCUT2D eigenvalue weighted by Gasteiger charge is 2.61. The normalized spacial score (nSPS) is 24.7. The van der Waals surface area contributed by atoms with Gasteiger partial charge in [-0.1, -0.05) is 23.8 Å². The fourth-order valence-electron chi connectivity index (χ4n) is 6.87. The van der Waals surface area contributed by atoms with E-state index < -0.39 is 79.9 Å². The van der Waals surface area contributed by atoms with Gasteiger partial charge in [0.2, 0.25) is 27.7 Å². The summed E-state index contributed by atoms with van der Waals surface area (Å²) in [4.78, 5) is 61.2. The first-order valence-electron chi connectivity index (χ1n) is 17.3. The van der Waals surface area contributed by atoms with Crippen LogP contribution in [0.2, 0.25) is 0 Å².